The van der Waals surface area contributed by atoms with Gasteiger partial charge in [0.2, 0.25) is 0 Å². The molecule has 0 fully saturated rings. The lowest BCUT2D eigenvalue weighted by molar-refractivity contribution is -0.164. The van der Waals surface area contributed by atoms with Crippen molar-refractivity contribution < 1.29 is 39.5 Å². The number of aliphatic hydroxyl groups excluding tert-OH is 2. The van der Waals surface area contributed by atoms with Gasteiger partial charge in [-0.15, -0.1) is 0 Å². The molecule has 1 rings (SSSR count). The van der Waals surface area contributed by atoms with E-state index in [0.717, 1.165) is 5.56 Å². The van der Waals surface area contributed by atoms with Gasteiger partial charge in [0, 0.05) is 7.11 Å². The van der Waals surface area contributed by atoms with Gasteiger partial charge in [0.1, 0.15) is 11.9 Å². The summed E-state index contributed by atoms with van der Waals surface area (Å²) in [6.45, 7) is 4.60. The third-order valence-corrected chi connectivity index (χ3v) is 5.05. The Morgan fingerprint density at radius 2 is 1.76 bits per heavy atom. The molecule has 0 amide bonds. The number of carboxylic acids is 1. The number of phenolic OH excluding ortho intramolecular Hbond substituents is 1. The second-order valence-corrected chi connectivity index (χ2v) is 7.47. The Hall–Kier alpha value is -2.16. The van der Waals surface area contributed by atoms with Crippen LogP contribution in [0.2, 0.25) is 0 Å². The van der Waals surface area contributed by atoms with Crippen LogP contribution in [0.1, 0.15) is 51.7 Å². The average Bonchev–Trinajstić information content (AvgIpc) is 2.65. The van der Waals surface area contributed by atoms with E-state index in [2.05, 4.69) is 0 Å². The molecular formula is C21H32O8. The van der Waals surface area contributed by atoms with E-state index in [-0.39, 0.29) is 17.8 Å². The summed E-state index contributed by atoms with van der Waals surface area (Å²) in [7, 11) is 1.55. The number of benzene rings is 1. The minimum atomic E-state index is -1.28. The van der Waals surface area contributed by atoms with Gasteiger partial charge in [0.25, 0.3) is 0 Å². The minimum Gasteiger partial charge on any atom is -0.508 e. The van der Waals surface area contributed by atoms with Crippen molar-refractivity contribution in [2.24, 2.45) is 11.8 Å². The van der Waals surface area contributed by atoms with Gasteiger partial charge < -0.3 is 29.9 Å². The Morgan fingerprint density at radius 1 is 1.10 bits per heavy atom. The highest BCUT2D eigenvalue weighted by molar-refractivity contribution is 5.73. The number of carbonyl (C=O) groups excluding carboxylic acids is 1. The number of methoxy groups -OCH3 is 1. The number of aliphatic hydroxyl groups is 2. The smallest absolute Gasteiger partial charge is 0.309 e. The van der Waals surface area contributed by atoms with Crippen LogP contribution in [0.15, 0.2) is 24.3 Å². The average molecular weight is 412 g/mol. The lowest BCUT2D eigenvalue weighted by atomic mass is 9.88. The molecule has 8 nitrogen and oxygen atoms in total. The van der Waals surface area contributed by atoms with Crippen molar-refractivity contribution in [3.63, 3.8) is 0 Å². The monoisotopic (exact) mass is 412 g/mol. The molecule has 8 heteroatoms. The predicted octanol–water partition coefficient (Wildman–Crippen LogP) is 2.26. The molecular weight excluding hydrogens is 380 g/mol. The van der Waals surface area contributed by atoms with E-state index in [1.54, 1.807) is 32.2 Å². The van der Waals surface area contributed by atoms with Crippen LogP contribution >= 0.6 is 0 Å². The number of carbonyl (C=O) groups is 2. The number of phenols is 1. The summed E-state index contributed by atoms with van der Waals surface area (Å²) in [4.78, 5) is 23.6. The fourth-order valence-corrected chi connectivity index (χ4v) is 3.12. The van der Waals surface area contributed by atoms with Crippen molar-refractivity contribution in [3.8, 4) is 5.75 Å². The maximum absolute atomic E-state index is 12.1. The van der Waals surface area contributed by atoms with E-state index in [1.165, 1.54) is 13.8 Å². The van der Waals surface area contributed by atoms with E-state index in [1.807, 2.05) is 6.07 Å². The number of ether oxygens (including phenoxy) is 2. The van der Waals surface area contributed by atoms with Crippen molar-refractivity contribution in [1.29, 1.82) is 0 Å². The molecule has 0 aliphatic heterocycles. The SMILES string of the molecule is CO[C@@H](CC[C@H](C)[C@@H](OC(=O)C[C@@H](O)C(C)O)[C@@H](C)C(=O)O)c1cccc(O)c1. The highest BCUT2D eigenvalue weighted by Gasteiger charge is 2.33. The van der Waals surface area contributed by atoms with Gasteiger partial charge in [-0.05, 0) is 50.3 Å². The van der Waals surface area contributed by atoms with Crippen molar-refractivity contribution in [1.82, 2.24) is 0 Å². The fraction of sp³-hybridized carbons (Fsp3) is 0.619. The first kappa shape index (κ1) is 24.9. The third-order valence-electron chi connectivity index (χ3n) is 5.05. The van der Waals surface area contributed by atoms with Crippen LogP contribution in [0.3, 0.4) is 0 Å². The van der Waals surface area contributed by atoms with Crippen molar-refractivity contribution >= 4 is 11.9 Å². The molecule has 0 saturated carbocycles. The Balaban J connectivity index is 2.81. The van der Waals surface area contributed by atoms with Gasteiger partial charge in [-0.2, -0.15) is 0 Å². The molecule has 164 valence electrons. The van der Waals surface area contributed by atoms with Crippen LogP contribution in [-0.2, 0) is 19.1 Å². The standard InChI is InChI=1S/C21H32O8/c1-12(8-9-18(28-4)15-6-5-7-16(23)10-15)20(13(2)21(26)27)29-19(25)11-17(24)14(3)22/h5-7,10,12-14,17-18,20,22-24H,8-9,11H2,1-4H3,(H,26,27)/t12-,13+,14?,17+,18-,20+/m0/s1. The molecule has 0 aliphatic rings. The molecule has 0 aliphatic carbocycles. The van der Waals surface area contributed by atoms with E-state index in [9.17, 15) is 30.0 Å². The van der Waals surface area contributed by atoms with Crippen molar-refractivity contribution in [2.75, 3.05) is 7.11 Å². The van der Waals surface area contributed by atoms with Crippen molar-refractivity contribution in [3.05, 3.63) is 29.8 Å². The molecule has 0 radical (unpaired) electrons. The number of esters is 1. The predicted molar refractivity (Wildman–Crippen MR) is 105 cm³/mol. The maximum atomic E-state index is 12.1. The Bertz CT molecular complexity index is 660. The normalized spacial score (nSPS) is 17.6. The summed E-state index contributed by atoms with van der Waals surface area (Å²) in [6, 6.07) is 6.70. The first-order valence-corrected chi connectivity index (χ1v) is 9.66. The van der Waals surface area contributed by atoms with Crippen LogP contribution in [0.4, 0.5) is 0 Å². The van der Waals surface area contributed by atoms with Crippen LogP contribution in [0.25, 0.3) is 0 Å². The molecule has 0 spiro atoms. The number of hydrogen-bond acceptors (Lipinski definition) is 7. The quantitative estimate of drug-likeness (QED) is 0.384. The van der Waals surface area contributed by atoms with Crippen LogP contribution < -0.4 is 0 Å². The van der Waals surface area contributed by atoms with Gasteiger partial charge in [0.15, 0.2) is 0 Å². The lowest BCUT2D eigenvalue weighted by Gasteiger charge is -2.29. The Labute approximate surface area is 171 Å². The second-order valence-electron chi connectivity index (χ2n) is 7.47. The molecule has 1 aromatic carbocycles. The highest BCUT2D eigenvalue weighted by Crippen LogP contribution is 2.30. The summed E-state index contributed by atoms with van der Waals surface area (Å²) < 4.78 is 10.9. The summed E-state index contributed by atoms with van der Waals surface area (Å²) in [5.41, 5.74) is 0.791. The zero-order valence-corrected chi connectivity index (χ0v) is 17.3. The molecule has 0 saturated heterocycles. The highest BCUT2D eigenvalue weighted by atomic mass is 16.5. The lowest BCUT2D eigenvalue weighted by Crippen LogP contribution is -2.37. The number of rotatable bonds is 12. The minimum absolute atomic E-state index is 0.126. The number of aromatic hydroxyl groups is 1. The molecule has 1 aromatic rings. The van der Waals surface area contributed by atoms with Gasteiger partial charge in [-0.3, -0.25) is 9.59 Å². The summed E-state index contributed by atoms with van der Waals surface area (Å²) in [5.74, 6) is -2.98. The van der Waals surface area contributed by atoms with Gasteiger partial charge >= 0.3 is 11.9 Å². The summed E-state index contributed by atoms with van der Waals surface area (Å²) in [6.07, 6.45) is -2.97. The molecule has 0 bridgehead atoms. The van der Waals surface area contributed by atoms with E-state index < -0.39 is 42.6 Å². The van der Waals surface area contributed by atoms with Gasteiger partial charge in [0.05, 0.1) is 30.7 Å². The number of hydrogen-bond donors (Lipinski definition) is 4. The largest absolute Gasteiger partial charge is 0.508 e. The Kier molecular flexibility index (Phi) is 10.1. The molecule has 29 heavy (non-hydrogen) atoms. The third kappa shape index (κ3) is 8.00. The second kappa shape index (κ2) is 11.7. The zero-order chi connectivity index (χ0) is 22.1. The molecule has 6 atom stereocenters. The van der Waals surface area contributed by atoms with E-state index in [0.29, 0.717) is 12.8 Å². The fourth-order valence-electron chi connectivity index (χ4n) is 3.12. The van der Waals surface area contributed by atoms with E-state index >= 15 is 0 Å². The summed E-state index contributed by atoms with van der Waals surface area (Å²) in [5, 5.41) is 38.0. The zero-order valence-electron chi connectivity index (χ0n) is 17.3. The number of aliphatic carboxylic acids is 1. The molecule has 0 aromatic heterocycles. The summed E-state index contributed by atoms with van der Waals surface area (Å²) >= 11 is 0. The number of carboxylic acid groups (broad SMARTS) is 1. The van der Waals surface area contributed by atoms with Crippen molar-refractivity contribution in [2.45, 2.75) is 64.4 Å². The molecule has 1 unspecified atom stereocenters. The Morgan fingerprint density at radius 3 is 2.28 bits per heavy atom. The topological polar surface area (TPSA) is 134 Å². The maximum Gasteiger partial charge on any atom is 0.309 e. The van der Waals surface area contributed by atoms with E-state index in [4.69, 9.17) is 9.47 Å². The molecule has 4 N–H and O–H groups in total. The first-order chi connectivity index (χ1) is 13.6. The first-order valence-electron chi connectivity index (χ1n) is 9.66. The van der Waals surface area contributed by atoms with Crippen LogP contribution in [-0.4, -0.2) is 57.8 Å². The van der Waals surface area contributed by atoms with Crippen LogP contribution in [0.5, 0.6) is 5.75 Å². The van der Waals surface area contributed by atoms with Crippen LogP contribution in [0, 0.1) is 11.8 Å². The van der Waals surface area contributed by atoms with Gasteiger partial charge in [-0.1, -0.05) is 19.1 Å². The molecule has 0 heterocycles. The van der Waals surface area contributed by atoms with Gasteiger partial charge in [-0.25, -0.2) is 0 Å².